The number of para-hydroxylation sites is 1. The van der Waals surface area contributed by atoms with Crippen molar-refractivity contribution in [2.45, 2.75) is 19.2 Å². The van der Waals surface area contributed by atoms with E-state index in [-0.39, 0.29) is 18.5 Å². The molecule has 4 aromatic rings. The van der Waals surface area contributed by atoms with Crippen LogP contribution in [0.2, 0.25) is 0 Å². The Labute approximate surface area is 194 Å². The van der Waals surface area contributed by atoms with E-state index in [1.54, 1.807) is 6.20 Å². The average molecular weight is 438 g/mol. The number of nitrogens with zero attached hydrogens (tertiary/aromatic N) is 1. The number of ether oxygens (including phenoxy) is 1. The molecule has 5 nitrogen and oxygen atoms in total. The maximum atomic E-state index is 12.6. The molecule has 0 fully saturated rings. The van der Waals surface area contributed by atoms with Gasteiger partial charge in [-0.05, 0) is 41.0 Å². The highest BCUT2D eigenvalue weighted by Gasteiger charge is 2.16. The van der Waals surface area contributed by atoms with E-state index in [9.17, 15) is 4.79 Å². The Morgan fingerprint density at radius 2 is 1.45 bits per heavy atom. The number of benzene rings is 3. The molecule has 0 radical (unpaired) electrons. The van der Waals surface area contributed by atoms with E-state index in [1.165, 1.54) is 0 Å². The van der Waals surface area contributed by atoms with Crippen molar-refractivity contribution < 1.29 is 9.53 Å². The van der Waals surface area contributed by atoms with Crippen molar-refractivity contribution in [3.05, 3.63) is 132 Å². The van der Waals surface area contributed by atoms with Crippen LogP contribution in [0.4, 0.5) is 0 Å². The molecule has 0 aliphatic heterocycles. The van der Waals surface area contributed by atoms with E-state index < -0.39 is 0 Å². The number of pyridine rings is 1. The molecular weight excluding hydrogens is 410 g/mol. The second kappa shape index (κ2) is 11.6. The highest BCUT2D eigenvalue weighted by molar-refractivity contribution is 5.78. The first kappa shape index (κ1) is 22.2. The van der Waals surface area contributed by atoms with Gasteiger partial charge in [-0.1, -0.05) is 78.9 Å². The van der Waals surface area contributed by atoms with E-state index >= 15 is 0 Å². The van der Waals surface area contributed by atoms with E-state index in [4.69, 9.17) is 4.74 Å². The molecule has 5 heteroatoms. The van der Waals surface area contributed by atoms with Crippen LogP contribution in [0.5, 0.6) is 5.75 Å². The van der Waals surface area contributed by atoms with Crippen LogP contribution in [-0.2, 0) is 17.9 Å². The van der Waals surface area contributed by atoms with Gasteiger partial charge >= 0.3 is 0 Å². The number of carbonyl (C=O) groups excluding carboxylic acids is 1. The van der Waals surface area contributed by atoms with E-state index in [0.29, 0.717) is 13.2 Å². The van der Waals surface area contributed by atoms with Crippen LogP contribution < -0.4 is 15.4 Å². The summed E-state index contributed by atoms with van der Waals surface area (Å²) in [5.74, 6) is 0.743. The lowest BCUT2D eigenvalue weighted by molar-refractivity contribution is -0.120. The molecule has 0 bridgehead atoms. The van der Waals surface area contributed by atoms with Crippen molar-refractivity contribution >= 4 is 5.91 Å². The Morgan fingerprint density at radius 3 is 2.18 bits per heavy atom. The highest BCUT2D eigenvalue weighted by Crippen LogP contribution is 2.19. The molecule has 0 spiro atoms. The van der Waals surface area contributed by atoms with Crippen LogP contribution >= 0.6 is 0 Å². The van der Waals surface area contributed by atoms with Gasteiger partial charge in [0.1, 0.15) is 12.4 Å². The fraction of sp³-hybridized carbons (Fsp3) is 0.143. The van der Waals surface area contributed by atoms with Gasteiger partial charge in [0.2, 0.25) is 5.91 Å². The number of nitrogens with one attached hydrogen (secondary N) is 2. The molecule has 33 heavy (non-hydrogen) atoms. The normalized spacial score (nSPS) is 11.5. The maximum Gasteiger partial charge on any atom is 0.234 e. The second-order valence-electron chi connectivity index (χ2n) is 7.63. The number of rotatable bonds is 10. The van der Waals surface area contributed by atoms with Crippen LogP contribution in [-0.4, -0.2) is 17.4 Å². The molecule has 4 rings (SSSR count). The molecule has 0 aliphatic carbocycles. The Hall–Kier alpha value is -3.96. The van der Waals surface area contributed by atoms with Gasteiger partial charge in [0.25, 0.3) is 0 Å². The summed E-state index contributed by atoms with van der Waals surface area (Å²) in [5.41, 5.74) is 4.02. The summed E-state index contributed by atoms with van der Waals surface area (Å²) in [4.78, 5) is 17.1. The Morgan fingerprint density at radius 1 is 0.788 bits per heavy atom. The molecule has 1 atom stereocenters. The van der Waals surface area contributed by atoms with Gasteiger partial charge in [-0.15, -0.1) is 0 Å². The van der Waals surface area contributed by atoms with Crippen LogP contribution in [0.1, 0.15) is 28.4 Å². The van der Waals surface area contributed by atoms with Gasteiger partial charge < -0.3 is 10.1 Å². The quantitative estimate of drug-likeness (QED) is 0.379. The van der Waals surface area contributed by atoms with Gasteiger partial charge in [-0.3, -0.25) is 15.1 Å². The van der Waals surface area contributed by atoms with Crippen molar-refractivity contribution in [1.82, 2.24) is 15.6 Å². The van der Waals surface area contributed by atoms with Crippen LogP contribution in [0, 0.1) is 0 Å². The number of hydrogen-bond acceptors (Lipinski definition) is 4. The third kappa shape index (κ3) is 6.51. The highest BCUT2D eigenvalue weighted by atomic mass is 16.5. The number of aromatic nitrogens is 1. The van der Waals surface area contributed by atoms with Crippen LogP contribution in [0.25, 0.3) is 0 Å². The first-order valence-electron chi connectivity index (χ1n) is 11.0. The fourth-order valence-corrected chi connectivity index (χ4v) is 3.59. The second-order valence-corrected chi connectivity index (χ2v) is 7.63. The van der Waals surface area contributed by atoms with Crippen molar-refractivity contribution in [2.75, 3.05) is 6.54 Å². The summed E-state index contributed by atoms with van der Waals surface area (Å²) in [6, 6.07) is 33.4. The summed E-state index contributed by atoms with van der Waals surface area (Å²) < 4.78 is 5.88. The molecule has 3 aromatic carbocycles. The van der Waals surface area contributed by atoms with Crippen molar-refractivity contribution in [3.63, 3.8) is 0 Å². The van der Waals surface area contributed by atoms with Crippen molar-refractivity contribution in [3.8, 4) is 5.75 Å². The lowest BCUT2D eigenvalue weighted by atomic mass is 10.0. The molecule has 1 heterocycles. The molecule has 0 aliphatic rings. The zero-order valence-electron chi connectivity index (χ0n) is 18.4. The summed E-state index contributed by atoms with van der Waals surface area (Å²) in [7, 11) is 0. The third-order valence-corrected chi connectivity index (χ3v) is 5.32. The molecule has 1 unspecified atom stereocenters. The average Bonchev–Trinajstić information content (AvgIpc) is 2.89. The molecule has 166 valence electrons. The standard InChI is InChI=1S/C28H27N3O2/c32-27(20-31-28(22-11-3-1-4-12-22)26-17-9-10-18-29-26)30-19-23-13-7-8-14-24(23)21-33-25-15-5-2-6-16-25/h1-18,28,31H,19-21H2,(H,30,32). The summed E-state index contributed by atoms with van der Waals surface area (Å²) in [5, 5.41) is 6.37. The van der Waals surface area contributed by atoms with Gasteiger partial charge in [0.15, 0.2) is 0 Å². The molecule has 1 aromatic heterocycles. The van der Waals surface area contributed by atoms with Crippen LogP contribution in [0.3, 0.4) is 0 Å². The molecule has 0 saturated carbocycles. The third-order valence-electron chi connectivity index (χ3n) is 5.32. The minimum absolute atomic E-state index is 0.0781. The van der Waals surface area contributed by atoms with Gasteiger partial charge in [0.05, 0.1) is 18.3 Å². The van der Waals surface area contributed by atoms with E-state index in [1.807, 2.05) is 103 Å². The lowest BCUT2D eigenvalue weighted by Gasteiger charge is -2.19. The first-order valence-corrected chi connectivity index (χ1v) is 11.0. The zero-order chi connectivity index (χ0) is 22.7. The lowest BCUT2D eigenvalue weighted by Crippen LogP contribution is -2.36. The Balaban J connectivity index is 1.34. The topological polar surface area (TPSA) is 63.2 Å². The summed E-state index contributed by atoms with van der Waals surface area (Å²) >= 11 is 0. The predicted octanol–water partition coefficient (Wildman–Crippen LogP) is 4.66. The largest absolute Gasteiger partial charge is 0.489 e. The number of hydrogen-bond donors (Lipinski definition) is 2. The minimum Gasteiger partial charge on any atom is -0.489 e. The maximum absolute atomic E-state index is 12.6. The van der Waals surface area contributed by atoms with Crippen LogP contribution in [0.15, 0.2) is 109 Å². The molecular formula is C28H27N3O2. The van der Waals surface area contributed by atoms with Gasteiger partial charge in [-0.25, -0.2) is 0 Å². The Bertz CT molecular complexity index is 1100. The molecule has 0 saturated heterocycles. The molecule has 1 amide bonds. The summed E-state index contributed by atoms with van der Waals surface area (Å²) in [6.45, 7) is 1.07. The monoisotopic (exact) mass is 437 g/mol. The van der Waals surface area contributed by atoms with Gasteiger partial charge in [-0.2, -0.15) is 0 Å². The van der Waals surface area contributed by atoms with E-state index in [0.717, 1.165) is 28.1 Å². The Kier molecular flexibility index (Phi) is 7.82. The predicted molar refractivity (Wildman–Crippen MR) is 130 cm³/mol. The number of carbonyl (C=O) groups is 1. The van der Waals surface area contributed by atoms with Gasteiger partial charge in [0, 0.05) is 12.7 Å². The van der Waals surface area contributed by atoms with Crippen molar-refractivity contribution in [1.29, 1.82) is 0 Å². The smallest absolute Gasteiger partial charge is 0.234 e. The van der Waals surface area contributed by atoms with Crippen molar-refractivity contribution in [2.24, 2.45) is 0 Å². The SMILES string of the molecule is O=C(CNC(c1ccccc1)c1ccccn1)NCc1ccccc1COc1ccccc1. The van der Waals surface area contributed by atoms with E-state index in [2.05, 4.69) is 15.6 Å². The minimum atomic E-state index is -0.162. The zero-order valence-corrected chi connectivity index (χ0v) is 18.4. The molecule has 2 N–H and O–H groups in total. The fourth-order valence-electron chi connectivity index (χ4n) is 3.59. The number of amides is 1. The summed E-state index contributed by atoms with van der Waals surface area (Å²) in [6.07, 6.45) is 1.77. The first-order chi connectivity index (χ1) is 16.3.